The van der Waals surface area contributed by atoms with Gasteiger partial charge in [0.1, 0.15) is 6.04 Å². The number of carbonyl (C=O) groups is 3. The van der Waals surface area contributed by atoms with Crippen LogP contribution in [-0.4, -0.2) is 68.7 Å². The number of aromatic nitrogens is 1. The molecule has 7 rings (SSSR count). The van der Waals surface area contributed by atoms with Crippen molar-refractivity contribution in [2.24, 2.45) is 11.8 Å². The van der Waals surface area contributed by atoms with Gasteiger partial charge in [0.2, 0.25) is 18.4 Å². The molecule has 0 saturated carbocycles. The lowest BCUT2D eigenvalue weighted by Crippen LogP contribution is -2.48. The van der Waals surface area contributed by atoms with E-state index in [4.69, 9.17) is 28.4 Å². The second-order valence-corrected chi connectivity index (χ2v) is 11.5. The van der Waals surface area contributed by atoms with Crippen LogP contribution in [0.15, 0.2) is 54.7 Å². The third kappa shape index (κ3) is 4.72. The molecule has 238 valence electrons. The van der Waals surface area contributed by atoms with Gasteiger partial charge in [0.15, 0.2) is 23.0 Å². The molecule has 1 aliphatic carbocycles. The van der Waals surface area contributed by atoms with Crippen molar-refractivity contribution in [1.29, 1.82) is 0 Å². The van der Waals surface area contributed by atoms with E-state index >= 15 is 0 Å². The second-order valence-electron chi connectivity index (χ2n) is 11.5. The smallest absolute Gasteiger partial charge is 0.328 e. The fraction of sp³-hybridized carbons (Fsp3) is 0.324. The number of nitrogens with one attached hydrogen (secondary N) is 2. The van der Waals surface area contributed by atoms with Crippen molar-refractivity contribution in [2.75, 3.05) is 34.7 Å². The van der Waals surface area contributed by atoms with E-state index in [1.165, 1.54) is 21.3 Å². The molecule has 2 aliphatic heterocycles. The number of para-hydroxylation sites is 1. The number of carbonyl (C=O) groups excluding carboxylic acids is 3. The molecule has 4 aromatic rings. The number of rotatable bonds is 8. The Bertz CT molecular complexity index is 1840. The first-order chi connectivity index (χ1) is 22.3. The number of fused-ring (bicyclic) bond motifs is 4. The highest BCUT2D eigenvalue weighted by Gasteiger charge is 2.55. The number of hydrogen-bond donors (Lipinski definition) is 3. The van der Waals surface area contributed by atoms with Crippen molar-refractivity contribution in [1.82, 2.24) is 10.3 Å². The molecule has 0 spiro atoms. The standard InChI is InChI=1S/C34H32N2O10/c1-41-26-9-16(10-27(42-2)31(26)37)28-19-11-24-25(46-15-45-24)12-20(19)29(21-14-44-34(40)30(21)28)32(38)36-23(33(39)43-3)8-17-13-35-22-7-5-4-6-18(17)22/h4-7,9-13,21,23,28-30,35,37H,8,14-15H2,1-3H3,(H,36,38)/t21-,23+,28-,29-,30+/m1/s1. The van der Waals surface area contributed by atoms with Gasteiger partial charge in [-0.2, -0.15) is 0 Å². The van der Waals surface area contributed by atoms with Crippen LogP contribution in [0, 0.1) is 11.8 Å². The number of phenols is 1. The molecule has 46 heavy (non-hydrogen) atoms. The van der Waals surface area contributed by atoms with Crippen LogP contribution in [0.5, 0.6) is 28.7 Å². The monoisotopic (exact) mass is 628 g/mol. The van der Waals surface area contributed by atoms with Crippen LogP contribution in [0.4, 0.5) is 0 Å². The Morgan fingerprint density at radius 1 is 1.00 bits per heavy atom. The number of H-pyrrole nitrogens is 1. The Hall–Kier alpha value is -5.39. The Labute approximate surface area is 263 Å². The quantitative estimate of drug-likeness (QED) is 0.247. The van der Waals surface area contributed by atoms with Gasteiger partial charge < -0.3 is 43.8 Å². The lowest BCUT2D eigenvalue weighted by atomic mass is 9.62. The zero-order valence-electron chi connectivity index (χ0n) is 25.3. The third-order valence-electron chi connectivity index (χ3n) is 9.23. The van der Waals surface area contributed by atoms with E-state index in [1.54, 1.807) is 24.3 Å². The van der Waals surface area contributed by atoms with Gasteiger partial charge in [-0.3, -0.25) is 9.59 Å². The molecule has 1 amide bonds. The van der Waals surface area contributed by atoms with E-state index in [0.717, 1.165) is 16.5 Å². The van der Waals surface area contributed by atoms with Crippen LogP contribution in [-0.2, 0) is 30.3 Å². The van der Waals surface area contributed by atoms with Gasteiger partial charge >= 0.3 is 11.9 Å². The molecule has 0 bridgehead atoms. The van der Waals surface area contributed by atoms with Crippen LogP contribution in [0.3, 0.4) is 0 Å². The molecule has 12 nitrogen and oxygen atoms in total. The average molecular weight is 629 g/mol. The zero-order valence-corrected chi connectivity index (χ0v) is 25.3. The van der Waals surface area contributed by atoms with Crippen molar-refractivity contribution in [2.45, 2.75) is 24.3 Å². The van der Waals surface area contributed by atoms with Gasteiger partial charge in [-0.05, 0) is 52.6 Å². The summed E-state index contributed by atoms with van der Waals surface area (Å²) in [6.07, 6.45) is 2.00. The minimum atomic E-state index is -1.01. The number of methoxy groups -OCH3 is 3. The largest absolute Gasteiger partial charge is 0.502 e. The maximum atomic E-state index is 14.4. The van der Waals surface area contributed by atoms with Crippen molar-refractivity contribution >= 4 is 28.7 Å². The summed E-state index contributed by atoms with van der Waals surface area (Å²) in [5.74, 6) is -3.31. The van der Waals surface area contributed by atoms with Gasteiger partial charge in [0.05, 0.1) is 39.8 Å². The van der Waals surface area contributed by atoms with Crippen molar-refractivity contribution in [3.05, 3.63) is 77.0 Å². The Kier molecular flexibility index (Phi) is 7.34. The lowest BCUT2D eigenvalue weighted by molar-refractivity contribution is -0.145. The lowest BCUT2D eigenvalue weighted by Gasteiger charge is -2.39. The van der Waals surface area contributed by atoms with Gasteiger partial charge in [-0.15, -0.1) is 0 Å². The first-order valence-electron chi connectivity index (χ1n) is 14.8. The molecule has 0 radical (unpaired) electrons. The number of cyclic esters (lactones) is 1. The SMILES string of the molecule is COC(=O)[C@H](Cc1c[nH]c2ccccc12)NC(=O)[C@@H]1c2cc3c(cc2[C@@H](c2cc(OC)c(O)c(OC)c2)[C@H]2C(=O)OC[C@@H]21)OCO3. The normalized spacial score (nSPS) is 21.6. The molecule has 0 unspecified atom stereocenters. The first-order valence-corrected chi connectivity index (χ1v) is 14.8. The first kappa shape index (κ1) is 29.3. The fourth-order valence-electron chi connectivity index (χ4n) is 7.11. The van der Waals surface area contributed by atoms with Gasteiger partial charge in [0, 0.05) is 35.4 Å². The summed E-state index contributed by atoms with van der Waals surface area (Å²) in [5.41, 5.74) is 3.61. The summed E-state index contributed by atoms with van der Waals surface area (Å²) < 4.78 is 33.0. The molecular weight excluding hydrogens is 596 g/mol. The number of esters is 2. The highest BCUT2D eigenvalue weighted by molar-refractivity contribution is 5.92. The van der Waals surface area contributed by atoms with Crippen molar-refractivity contribution < 1.29 is 47.9 Å². The number of aromatic hydroxyl groups is 1. The molecule has 5 atom stereocenters. The average Bonchev–Trinajstić information content (AvgIpc) is 3.81. The molecule has 1 aromatic heterocycles. The summed E-state index contributed by atoms with van der Waals surface area (Å²) in [5, 5.41) is 14.5. The van der Waals surface area contributed by atoms with Crippen LogP contribution in [0.25, 0.3) is 10.9 Å². The molecule has 3 heterocycles. The summed E-state index contributed by atoms with van der Waals surface area (Å²) in [6, 6.07) is 13.5. The van der Waals surface area contributed by atoms with E-state index in [0.29, 0.717) is 28.2 Å². The Morgan fingerprint density at radius 3 is 2.39 bits per heavy atom. The number of aromatic amines is 1. The van der Waals surface area contributed by atoms with E-state index in [1.807, 2.05) is 30.5 Å². The number of hydrogen-bond acceptors (Lipinski definition) is 10. The summed E-state index contributed by atoms with van der Waals surface area (Å²) in [4.78, 5) is 44.1. The van der Waals surface area contributed by atoms with Crippen LogP contribution >= 0.6 is 0 Å². The minimum absolute atomic E-state index is 0.00451. The number of benzene rings is 3. The molecule has 1 fully saturated rings. The Balaban J connectivity index is 1.32. The maximum Gasteiger partial charge on any atom is 0.328 e. The van der Waals surface area contributed by atoms with Gasteiger partial charge in [0.25, 0.3) is 0 Å². The fourth-order valence-corrected chi connectivity index (χ4v) is 7.11. The highest BCUT2D eigenvalue weighted by atomic mass is 16.7. The molecule has 3 aliphatic rings. The number of amides is 1. The van der Waals surface area contributed by atoms with Crippen LogP contribution < -0.4 is 24.3 Å². The van der Waals surface area contributed by atoms with Crippen LogP contribution in [0.1, 0.15) is 34.1 Å². The number of ether oxygens (including phenoxy) is 6. The third-order valence-corrected chi connectivity index (χ3v) is 9.23. The van der Waals surface area contributed by atoms with E-state index in [2.05, 4.69) is 10.3 Å². The predicted molar refractivity (Wildman–Crippen MR) is 162 cm³/mol. The summed E-state index contributed by atoms with van der Waals surface area (Å²) in [6.45, 7) is -0.00575. The molecule has 3 aromatic carbocycles. The minimum Gasteiger partial charge on any atom is -0.502 e. The van der Waals surface area contributed by atoms with Crippen LogP contribution in [0.2, 0.25) is 0 Å². The summed E-state index contributed by atoms with van der Waals surface area (Å²) in [7, 11) is 4.12. The molecular formula is C34H32N2O10. The van der Waals surface area contributed by atoms with E-state index in [-0.39, 0.29) is 37.1 Å². The zero-order chi connectivity index (χ0) is 32.1. The van der Waals surface area contributed by atoms with E-state index in [9.17, 15) is 19.5 Å². The predicted octanol–water partition coefficient (Wildman–Crippen LogP) is 3.54. The Morgan fingerprint density at radius 2 is 1.70 bits per heavy atom. The van der Waals surface area contributed by atoms with Crippen molar-refractivity contribution in [3.8, 4) is 28.7 Å². The maximum absolute atomic E-state index is 14.4. The molecule has 3 N–H and O–H groups in total. The van der Waals surface area contributed by atoms with Gasteiger partial charge in [-0.25, -0.2) is 4.79 Å². The topological polar surface area (TPSA) is 155 Å². The molecule has 12 heteroatoms. The number of phenolic OH excluding ortho intramolecular Hbond substituents is 1. The van der Waals surface area contributed by atoms with Gasteiger partial charge in [-0.1, -0.05) is 18.2 Å². The highest BCUT2D eigenvalue weighted by Crippen LogP contribution is 2.56. The van der Waals surface area contributed by atoms with Crippen molar-refractivity contribution in [3.63, 3.8) is 0 Å². The molecule has 1 saturated heterocycles. The second kappa shape index (κ2) is 11.5. The van der Waals surface area contributed by atoms with E-state index < -0.39 is 47.6 Å². The summed E-state index contributed by atoms with van der Waals surface area (Å²) >= 11 is 0.